The molecule has 0 N–H and O–H groups in total. The van der Waals surface area contributed by atoms with Crippen molar-refractivity contribution in [2.45, 2.75) is 10.1 Å². The maximum atomic E-state index is 14.1. The van der Waals surface area contributed by atoms with Gasteiger partial charge in [-0.3, -0.25) is 9.59 Å². The Kier molecular flexibility index (Phi) is 5.14. The van der Waals surface area contributed by atoms with Gasteiger partial charge in [0, 0.05) is 4.90 Å². The van der Waals surface area contributed by atoms with Crippen LogP contribution in [0.1, 0.15) is 31.5 Å². The number of hydrogen-bond donors (Lipinski definition) is 0. The van der Waals surface area contributed by atoms with Crippen LogP contribution in [0.15, 0.2) is 83.8 Å². The van der Waals surface area contributed by atoms with E-state index in [4.69, 9.17) is 4.84 Å². The predicted molar refractivity (Wildman–Crippen MR) is 104 cm³/mol. The molecule has 3 aromatic carbocycles. The molecule has 0 spiro atoms. The molecule has 4 rings (SSSR count). The zero-order chi connectivity index (χ0) is 20.4. The van der Waals surface area contributed by atoms with Crippen molar-refractivity contribution in [2.75, 3.05) is 0 Å². The van der Waals surface area contributed by atoms with Crippen molar-refractivity contribution >= 4 is 29.5 Å². The van der Waals surface area contributed by atoms with Gasteiger partial charge < -0.3 is 4.84 Å². The number of carbonyl (C=O) groups excluding carboxylic acids is 3. The summed E-state index contributed by atoms with van der Waals surface area (Å²) in [5.41, 5.74) is 0.897. The first-order valence-corrected chi connectivity index (χ1v) is 9.60. The second kappa shape index (κ2) is 7.89. The lowest BCUT2D eigenvalue weighted by molar-refractivity contribution is -0.167. The van der Waals surface area contributed by atoms with E-state index in [1.165, 1.54) is 18.2 Å². The minimum Gasteiger partial charge on any atom is -0.328 e. The van der Waals surface area contributed by atoms with E-state index in [1.807, 2.05) is 0 Å². The van der Waals surface area contributed by atoms with Gasteiger partial charge in [-0.2, -0.15) is 0 Å². The van der Waals surface area contributed by atoms with E-state index in [9.17, 15) is 18.8 Å². The Hall–Kier alpha value is -3.45. The normalized spacial score (nSPS) is 13.9. The highest BCUT2D eigenvalue weighted by atomic mass is 32.2. The molecule has 0 saturated carbocycles. The van der Waals surface area contributed by atoms with Crippen LogP contribution >= 0.6 is 11.8 Å². The Labute approximate surface area is 170 Å². The Balaban J connectivity index is 1.62. The van der Waals surface area contributed by atoms with Crippen molar-refractivity contribution in [1.82, 2.24) is 5.06 Å². The number of hydrogen-bond acceptors (Lipinski definition) is 5. The second-order valence-electron chi connectivity index (χ2n) is 6.20. The van der Waals surface area contributed by atoms with E-state index in [2.05, 4.69) is 0 Å². The third-order valence-electron chi connectivity index (χ3n) is 4.34. The molecule has 0 radical (unpaired) electrons. The van der Waals surface area contributed by atoms with Crippen molar-refractivity contribution in [3.05, 3.63) is 101 Å². The van der Waals surface area contributed by atoms with Crippen LogP contribution in [0.4, 0.5) is 4.39 Å². The number of rotatable bonds is 5. The van der Waals surface area contributed by atoms with Crippen LogP contribution in [0, 0.1) is 5.82 Å². The number of fused-ring (bicyclic) bond motifs is 1. The molecule has 1 aliphatic heterocycles. The number of hydroxylamine groups is 2. The van der Waals surface area contributed by atoms with Gasteiger partial charge in [0.25, 0.3) is 11.8 Å². The fraction of sp³-hybridized carbons (Fsp3) is 0.0455. The van der Waals surface area contributed by atoms with E-state index in [-0.39, 0.29) is 16.0 Å². The number of amides is 2. The molecule has 1 heterocycles. The van der Waals surface area contributed by atoms with Gasteiger partial charge in [0.05, 0.1) is 11.1 Å². The van der Waals surface area contributed by atoms with Crippen molar-refractivity contribution < 1.29 is 23.6 Å². The summed E-state index contributed by atoms with van der Waals surface area (Å²) < 4.78 is 14.1. The summed E-state index contributed by atoms with van der Waals surface area (Å²) in [6.07, 6.45) is 0. The molecular formula is C22H14FNO4S. The molecule has 7 heteroatoms. The number of thioether (sulfide) groups is 1. The molecule has 0 aromatic heterocycles. The minimum atomic E-state index is -0.975. The zero-order valence-corrected chi connectivity index (χ0v) is 15.8. The molecule has 0 bridgehead atoms. The van der Waals surface area contributed by atoms with Crippen LogP contribution in [0.3, 0.4) is 0 Å². The smallest absolute Gasteiger partial charge is 0.328 e. The summed E-state index contributed by atoms with van der Waals surface area (Å²) in [5, 5.41) is -0.511. The largest absolute Gasteiger partial charge is 0.350 e. The molecule has 0 fully saturated rings. The molecule has 29 heavy (non-hydrogen) atoms. The summed E-state index contributed by atoms with van der Waals surface area (Å²) in [6, 6.07) is 20.9. The lowest BCUT2D eigenvalue weighted by Gasteiger charge is -2.19. The lowest BCUT2D eigenvalue weighted by atomic mass is 10.1. The molecule has 1 aliphatic rings. The van der Waals surface area contributed by atoms with Gasteiger partial charge in [-0.25, -0.2) is 9.18 Å². The predicted octanol–water partition coefficient (Wildman–Crippen LogP) is 4.41. The molecule has 5 nitrogen and oxygen atoms in total. The van der Waals surface area contributed by atoms with E-state index in [0.717, 1.165) is 11.8 Å². The number of halogens is 1. The summed E-state index contributed by atoms with van der Waals surface area (Å²) in [4.78, 5) is 43.3. The summed E-state index contributed by atoms with van der Waals surface area (Å²) >= 11 is 0.947. The molecule has 2 amide bonds. The van der Waals surface area contributed by atoms with Crippen LogP contribution in [-0.2, 0) is 9.63 Å². The standard InChI is InChI=1S/C22H14FNO4S/c23-17-12-6-7-13-18(17)29-19(14-8-2-1-3-9-14)22(27)28-24-20(25)15-10-4-5-11-16(15)21(24)26/h1-13,19H. The molecule has 0 aliphatic carbocycles. The van der Waals surface area contributed by atoms with Gasteiger partial charge >= 0.3 is 5.97 Å². The van der Waals surface area contributed by atoms with Crippen molar-refractivity contribution in [3.63, 3.8) is 0 Å². The monoisotopic (exact) mass is 407 g/mol. The molecule has 1 atom stereocenters. The van der Waals surface area contributed by atoms with E-state index >= 15 is 0 Å². The highest BCUT2D eigenvalue weighted by Gasteiger charge is 2.40. The SMILES string of the molecule is O=C(ON1C(=O)c2ccccc2C1=O)C(Sc1ccccc1F)c1ccccc1. The Bertz CT molecular complexity index is 1070. The van der Waals surface area contributed by atoms with Crippen LogP contribution in [0.25, 0.3) is 0 Å². The van der Waals surface area contributed by atoms with Crippen molar-refractivity contribution in [2.24, 2.45) is 0 Å². The summed E-state index contributed by atoms with van der Waals surface area (Å²) in [7, 11) is 0. The van der Waals surface area contributed by atoms with Crippen LogP contribution < -0.4 is 0 Å². The maximum absolute atomic E-state index is 14.1. The Morgan fingerprint density at radius 2 is 1.38 bits per heavy atom. The van der Waals surface area contributed by atoms with Crippen LogP contribution in [-0.4, -0.2) is 22.8 Å². The molecule has 3 aromatic rings. The molecule has 144 valence electrons. The fourth-order valence-electron chi connectivity index (χ4n) is 2.94. The third kappa shape index (κ3) is 3.64. The summed E-state index contributed by atoms with van der Waals surface area (Å²) in [6.45, 7) is 0. The van der Waals surface area contributed by atoms with E-state index < -0.39 is 28.9 Å². The lowest BCUT2D eigenvalue weighted by Crippen LogP contribution is -2.34. The number of nitrogens with zero attached hydrogens (tertiary/aromatic N) is 1. The van der Waals surface area contributed by atoms with Gasteiger partial charge in [0.1, 0.15) is 11.1 Å². The maximum Gasteiger partial charge on any atom is 0.350 e. The van der Waals surface area contributed by atoms with Gasteiger partial charge in [0.2, 0.25) is 0 Å². The first-order valence-electron chi connectivity index (χ1n) is 8.72. The Morgan fingerprint density at radius 3 is 2.00 bits per heavy atom. The van der Waals surface area contributed by atoms with Gasteiger partial charge in [-0.1, -0.05) is 59.7 Å². The highest BCUT2D eigenvalue weighted by molar-refractivity contribution is 8.00. The van der Waals surface area contributed by atoms with Crippen LogP contribution in [0.2, 0.25) is 0 Å². The molecular weight excluding hydrogens is 393 g/mol. The molecule has 1 unspecified atom stereocenters. The Morgan fingerprint density at radius 1 is 0.828 bits per heavy atom. The first-order chi connectivity index (χ1) is 14.1. The van der Waals surface area contributed by atoms with E-state index in [1.54, 1.807) is 60.7 Å². The number of imide groups is 1. The zero-order valence-electron chi connectivity index (χ0n) is 14.9. The highest BCUT2D eigenvalue weighted by Crippen LogP contribution is 2.38. The van der Waals surface area contributed by atoms with Gasteiger partial charge in [-0.15, -0.1) is 11.8 Å². The minimum absolute atomic E-state index is 0.170. The number of benzene rings is 3. The summed E-state index contributed by atoms with van der Waals surface area (Å²) in [5.74, 6) is -2.74. The van der Waals surface area contributed by atoms with Gasteiger partial charge in [-0.05, 0) is 29.8 Å². The van der Waals surface area contributed by atoms with Crippen molar-refractivity contribution in [3.8, 4) is 0 Å². The number of carbonyl (C=O) groups is 3. The quantitative estimate of drug-likeness (QED) is 0.463. The second-order valence-corrected chi connectivity index (χ2v) is 7.35. The molecule has 0 saturated heterocycles. The average molecular weight is 407 g/mol. The fourth-order valence-corrected chi connectivity index (χ4v) is 3.96. The van der Waals surface area contributed by atoms with E-state index in [0.29, 0.717) is 10.6 Å². The topological polar surface area (TPSA) is 63.7 Å². The van der Waals surface area contributed by atoms with Gasteiger partial charge in [0.15, 0.2) is 0 Å². The third-order valence-corrected chi connectivity index (χ3v) is 5.62. The first kappa shape index (κ1) is 18.9. The van der Waals surface area contributed by atoms with Crippen molar-refractivity contribution in [1.29, 1.82) is 0 Å². The van der Waals surface area contributed by atoms with Crippen LogP contribution in [0.5, 0.6) is 0 Å². The average Bonchev–Trinajstić information content (AvgIpc) is 2.99.